The summed E-state index contributed by atoms with van der Waals surface area (Å²) in [6, 6.07) is 0. The minimum absolute atomic E-state index is 0.137. The Kier molecular flexibility index (Phi) is 68.6. The second-order valence-electron chi connectivity index (χ2n) is 28.1. The van der Waals surface area contributed by atoms with Crippen molar-refractivity contribution >= 4 is 27.6 Å². The maximum Gasteiger partial charge on any atom is 0.305 e. The maximum absolute atomic E-state index is 12.9. The monoisotopic (exact) mass is 1320 g/mol. The van der Waals surface area contributed by atoms with Crippen LogP contribution in [0.4, 0.5) is 0 Å². The van der Waals surface area contributed by atoms with Crippen LogP contribution in [0.3, 0.4) is 0 Å². The Hall–Kier alpha value is -0.670. The van der Waals surface area contributed by atoms with E-state index in [4.69, 9.17) is 4.74 Å². The van der Waals surface area contributed by atoms with Crippen LogP contribution in [0.2, 0.25) is 0 Å². The first-order chi connectivity index (χ1) is 44.7. The number of aliphatic hydroxyl groups is 4. The molecule has 0 aromatic heterocycles. The zero-order valence-corrected chi connectivity index (χ0v) is 62.6. The fourth-order valence-corrected chi connectivity index (χ4v) is 15.3. The molecule has 12 heteroatoms. The summed E-state index contributed by atoms with van der Waals surface area (Å²) < 4.78 is 5.74. The molecule has 1 fully saturated rings. The Morgan fingerprint density at radius 1 is 0.363 bits per heavy atom. The van der Waals surface area contributed by atoms with E-state index in [1.54, 1.807) is 0 Å². The Morgan fingerprint density at radius 2 is 0.648 bits per heavy atom. The number of hydrogen-bond donors (Lipinski definition) is 4. The number of aliphatic hydroxyl groups excluding tert-OH is 4. The normalized spacial score (nSPS) is 14.9. The molecule has 1 aliphatic heterocycles. The molecule has 1 saturated heterocycles. The van der Waals surface area contributed by atoms with Gasteiger partial charge in [-0.1, -0.05) is 285 Å². The summed E-state index contributed by atoms with van der Waals surface area (Å²) in [5.41, 5.74) is 0. The molecule has 0 saturated carbocycles. The fraction of sp³-hybridized carbons (Fsp3) is 0.937. The third kappa shape index (κ3) is 63.8. The molecule has 0 amide bonds. The molecule has 0 aliphatic carbocycles. The number of nitrogens with zero attached hydrogens (tertiary/aromatic N) is 4. The highest BCUT2D eigenvalue weighted by Crippen LogP contribution is 2.25. The van der Waals surface area contributed by atoms with Crippen molar-refractivity contribution in [1.29, 1.82) is 0 Å². The molecule has 10 nitrogen and oxygen atoms in total. The van der Waals surface area contributed by atoms with E-state index in [9.17, 15) is 25.2 Å². The lowest BCUT2D eigenvalue weighted by molar-refractivity contribution is -0.144. The molecule has 0 radical (unpaired) electrons. The van der Waals surface area contributed by atoms with Crippen molar-refractivity contribution < 1.29 is 30.0 Å². The van der Waals surface area contributed by atoms with Crippen LogP contribution in [-0.2, 0) is 9.53 Å². The third-order valence-electron chi connectivity index (χ3n) is 19.0. The van der Waals surface area contributed by atoms with Gasteiger partial charge in [-0.05, 0) is 129 Å². The van der Waals surface area contributed by atoms with Crippen molar-refractivity contribution in [2.75, 3.05) is 96.6 Å². The summed E-state index contributed by atoms with van der Waals surface area (Å²) >= 11 is 0. The summed E-state index contributed by atoms with van der Waals surface area (Å²) in [7, 11) is 4.07. The quantitative estimate of drug-likeness (QED) is 0.0201. The first-order valence-corrected chi connectivity index (χ1v) is 42.5. The van der Waals surface area contributed by atoms with Gasteiger partial charge in [0.2, 0.25) is 0 Å². The van der Waals surface area contributed by atoms with E-state index in [-0.39, 0.29) is 18.2 Å². The lowest BCUT2D eigenvalue weighted by Gasteiger charge is -2.34. The standard InChI is InChI=1S/C79H156N4O6S2/c1-5-9-13-17-21-25-27-29-31-33-35-39-43-48-55-75(84)71-82(72-76(85)56-49-44-40-36-34-32-30-28-26-22-18-14-10-6-2)61-50-45-52-69-90-91-70-53-51-60-80-63-65-81(66-64-80)67-68-89-79(88)59-54-62-83(73-77(86)57-46-41-37-23-19-15-11-7-3)74-78(87)58-47-42-38-24-20-16-12-8-4/h29-32,75-78,84-87H,5-28,33-74H2,1-4H3/b31-29-,32-30-. The van der Waals surface area contributed by atoms with E-state index in [1.165, 1.54) is 268 Å². The van der Waals surface area contributed by atoms with E-state index >= 15 is 0 Å². The number of carbonyl (C=O) groups is 1. The Morgan fingerprint density at radius 3 is 1.00 bits per heavy atom. The molecule has 4 atom stereocenters. The second kappa shape index (κ2) is 70.6. The van der Waals surface area contributed by atoms with Gasteiger partial charge in [0, 0.05) is 76.8 Å². The van der Waals surface area contributed by atoms with E-state index < -0.39 is 12.2 Å². The molecule has 91 heavy (non-hydrogen) atoms. The average molecular weight is 1320 g/mol. The zero-order valence-electron chi connectivity index (χ0n) is 61.0. The summed E-state index contributed by atoms with van der Waals surface area (Å²) in [6.45, 7) is 19.8. The molecular weight excluding hydrogens is 1170 g/mol. The van der Waals surface area contributed by atoms with Gasteiger partial charge in [0.15, 0.2) is 0 Å². The van der Waals surface area contributed by atoms with Gasteiger partial charge in [-0.15, -0.1) is 0 Å². The van der Waals surface area contributed by atoms with Crippen molar-refractivity contribution in [1.82, 2.24) is 19.6 Å². The Bertz CT molecular complexity index is 1450. The van der Waals surface area contributed by atoms with E-state index in [1.807, 2.05) is 21.6 Å². The van der Waals surface area contributed by atoms with Crippen LogP contribution in [0.15, 0.2) is 24.3 Å². The third-order valence-corrected chi connectivity index (χ3v) is 21.6. The number of unbranched alkanes of at least 4 members (excludes halogenated alkanes) is 37. The fourth-order valence-electron chi connectivity index (χ4n) is 13.0. The zero-order chi connectivity index (χ0) is 65.8. The molecule has 0 spiro atoms. The van der Waals surface area contributed by atoms with Crippen molar-refractivity contribution in [2.24, 2.45) is 0 Å². The number of hydrogen-bond acceptors (Lipinski definition) is 12. The molecule has 0 bridgehead atoms. The van der Waals surface area contributed by atoms with Crippen LogP contribution < -0.4 is 0 Å². The summed E-state index contributed by atoms with van der Waals surface area (Å²) in [6.07, 6.45) is 69.4. The molecule has 0 aromatic carbocycles. The maximum atomic E-state index is 12.9. The van der Waals surface area contributed by atoms with Crippen LogP contribution in [0, 0.1) is 0 Å². The topological polar surface area (TPSA) is 120 Å². The van der Waals surface area contributed by atoms with Gasteiger partial charge in [-0.3, -0.25) is 19.5 Å². The number of rotatable bonds is 73. The highest BCUT2D eigenvalue weighted by atomic mass is 33.1. The summed E-state index contributed by atoms with van der Waals surface area (Å²) in [4.78, 5) is 22.5. The lowest BCUT2D eigenvalue weighted by Crippen LogP contribution is -2.47. The van der Waals surface area contributed by atoms with Crippen molar-refractivity contribution in [3.8, 4) is 0 Å². The first-order valence-electron chi connectivity index (χ1n) is 40.0. The van der Waals surface area contributed by atoms with Gasteiger partial charge in [0.05, 0.1) is 24.4 Å². The Labute approximate surface area is 574 Å². The molecule has 4 unspecified atom stereocenters. The van der Waals surface area contributed by atoms with Crippen LogP contribution in [0.25, 0.3) is 0 Å². The van der Waals surface area contributed by atoms with Gasteiger partial charge in [0.1, 0.15) is 6.61 Å². The van der Waals surface area contributed by atoms with Gasteiger partial charge < -0.3 is 30.1 Å². The number of esters is 1. The van der Waals surface area contributed by atoms with Crippen LogP contribution in [0.1, 0.15) is 355 Å². The molecular formula is C79H156N4O6S2. The largest absolute Gasteiger partial charge is 0.464 e. The van der Waals surface area contributed by atoms with Gasteiger partial charge >= 0.3 is 5.97 Å². The molecule has 4 N–H and O–H groups in total. The highest BCUT2D eigenvalue weighted by molar-refractivity contribution is 8.76. The van der Waals surface area contributed by atoms with Gasteiger partial charge in [0.25, 0.3) is 0 Å². The summed E-state index contributed by atoms with van der Waals surface area (Å²) in [5, 5.41) is 44.4. The molecule has 1 aliphatic rings. The van der Waals surface area contributed by atoms with Crippen LogP contribution >= 0.6 is 21.6 Å². The average Bonchev–Trinajstić information content (AvgIpc) is 3.71. The summed E-state index contributed by atoms with van der Waals surface area (Å²) in [5.74, 6) is 2.25. The van der Waals surface area contributed by atoms with Gasteiger partial charge in [-0.25, -0.2) is 0 Å². The number of carbonyl (C=O) groups excluding carboxylic acids is 1. The van der Waals surface area contributed by atoms with Crippen LogP contribution in [0.5, 0.6) is 0 Å². The predicted octanol–water partition coefficient (Wildman–Crippen LogP) is 20.7. The van der Waals surface area contributed by atoms with E-state index in [2.05, 4.69) is 71.6 Å². The Balaban J connectivity index is 2.33. The van der Waals surface area contributed by atoms with E-state index in [0.717, 1.165) is 104 Å². The minimum Gasteiger partial charge on any atom is -0.464 e. The van der Waals surface area contributed by atoms with Crippen molar-refractivity contribution in [3.63, 3.8) is 0 Å². The van der Waals surface area contributed by atoms with Crippen LogP contribution in [-0.4, -0.2) is 167 Å². The van der Waals surface area contributed by atoms with Crippen molar-refractivity contribution in [3.05, 3.63) is 24.3 Å². The minimum atomic E-state index is -0.401. The smallest absolute Gasteiger partial charge is 0.305 e. The first kappa shape index (κ1) is 88.3. The second-order valence-corrected chi connectivity index (χ2v) is 30.8. The molecule has 1 heterocycles. The highest BCUT2D eigenvalue weighted by Gasteiger charge is 2.20. The lowest BCUT2D eigenvalue weighted by atomic mass is 10.0. The van der Waals surface area contributed by atoms with Gasteiger partial charge in [-0.2, -0.15) is 0 Å². The molecule has 1 rings (SSSR count). The van der Waals surface area contributed by atoms with E-state index in [0.29, 0.717) is 52.2 Å². The molecule has 540 valence electrons. The number of allylic oxidation sites excluding steroid dienone is 4. The SMILES string of the molecule is CCCCCCCC/C=C\CCCCCCC(O)CN(CCCCCSSCCCCN1CCN(CCOC(=O)CCCN(CC(O)CCCCCCCCCC)CC(O)CCCCCCCCCC)CC1)CC(O)CCCCCC/C=C\CCCCCCCC. The number of piperazine rings is 1. The molecule has 0 aromatic rings. The predicted molar refractivity (Wildman–Crippen MR) is 402 cm³/mol. The van der Waals surface area contributed by atoms with Crippen molar-refractivity contribution in [2.45, 2.75) is 380 Å². The number of ether oxygens (including phenoxy) is 1.